The van der Waals surface area contributed by atoms with Gasteiger partial charge in [-0.15, -0.1) is 0 Å². The predicted octanol–water partition coefficient (Wildman–Crippen LogP) is 1.59. The standard InChI is InChI=1S/C13H14N4O3/c1-2-14-13(18)9-16-8-11(7-15-16)10-3-5-12(6-4-10)17(19)20/h3-8H,2,9H2,1H3,(H,14,18). The van der Waals surface area contributed by atoms with Crippen LogP contribution in [0.15, 0.2) is 36.7 Å². The third-order valence-electron chi connectivity index (χ3n) is 2.72. The van der Waals surface area contributed by atoms with Crippen molar-refractivity contribution in [1.29, 1.82) is 0 Å². The van der Waals surface area contributed by atoms with E-state index in [2.05, 4.69) is 10.4 Å². The molecule has 7 nitrogen and oxygen atoms in total. The molecule has 0 unspecified atom stereocenters. The number of non-ortho nitro benzene ring substituents is 1. The fourth-order valence-electron chi connectivity index (χ4n) is 1.77. The largest absolute Gasteiger partial charge is 0.355 e. The van der Waals surface area contributed by atoms with Gasteiger partial charge in [-0.05, 0) is 24.6 Å². The smallest absolute Gasteiger partial charge is 0.269 e. The molecule has 0 atom stereocenters. The number of nitrogens with zero attached hydrogens (tertiary/aromatic N) is 3. The average Bonchev–Trinajstić information content (AvgIpc) is 2.87. The number of carbonyl (C=O) groups excluding carboxylic acids is 1. The lowest BCUT2D eigenvalue weighted by Gasteiger charge is -2.01. The molecule has 1 aromatic heterocycles. The first kappa shape index (κ1) is 13.7. The molecule has 2 aromatic rings. The zero-order chi connectivity index (χ0) is 14.5. The summed E-state index contributed by atoms with van der Waals surface area (Å²) in [6.07, 6.45) is 3.36. The second kappa shape index (κ2) is 5.96. The Morgan fingerprint density at radius 3 is 2.65 bits per heavy atom. The minimum atomic E-state index is -0.442. The molecule has 0 saturated heterocycles. The number of nitro benzene ring substituents is 1. The Kier molecular flexibility index (Phi) is 4.09. The van der Waals surface area contributed by atoms with E-state index in [0.717, 1.165) is 11.1 Å². The summed E-state index contributed by atoms with van der Waals surface area (Å²) in [5.41, 5.74) is 1.67. The highest BCUT2D eigenvalue weighted by molar-refractivity contribution is 5.75. The molecule has 0 aliphatic carbocycles. The number of rotatable bonds is 5. The van der Waals surface area contributed by atoms with Crippen molar-refractivity contribution in [2.45, 2.75) is 13.5 Å². The fourth-order valence-corrected chi connectivity index (χ4v) is 1.77. The first-order chi connectivity index (χ1) is 9.60. The van der Waals surface area contributed by atoms with Crippen LogP contribution in [-0.2, 0) is 11.3 Å². The van der Waals surface area contributed by atoms with Crippen LogP contribution in [0.25, 0.3) is 11.1 Å². The Bertz CT molecular complexity index is 619. The summed E-state index contributed by atoms with van der Waals surface area (Å²) in [7, 11) is 0. The molecule has 0 radical (unpaired) electrons. The highest BCUT2D eigenvalue weighted by Gasteiger charge is 2.08. The van der Waals surface area contributed by atoms with Crippen molar-refractivity contribution in [1.82, 2.24) is 15.1 Å². The Hall–Kier alpha value is -2.70. The van der Waals surface area contributed by atoms with E-state index in [-0.39, 0.29) is 18.1 Å². The number of likely N-dealkylation sites (N-methyl/N-ethyl adjacent to an activating group) is 1. The molecule has 1 amide bonds. The lowest BCUT2D eigenvalue weighted by molar-refractivity contribution is -0.384. The molecule has 7 heteroatoms. The maximum absolute atomic E-state index is 11.4. The molecule has 104 valence electrons. The third kappa shape index (κ3) is 3.19. The van der Waals surface area contributed by atoms with E-state index in [0.29, 0.717) is 6.54 Å². The first-order valence-electron chi connectivity index (χ1n) is 6.14. The zero-order valence-corrected chi connectivity index (χ0v) is 10.9. The van der Waals surface area contributed by atoms with E-state index in [1.165, 1.54) is 16.8 Å². The second-order valence-corrected chi connectivity index (χ2v) is 4.18. The molecule has 0 aliphatic heterocycles. The van der Waals surface area contributed by atoms with Crippen LogP contribution in [0.1, 0.15) is 6.92 Å². The minimum Gasteiger partial charge on any atom is -0.355 e. The quantitative estimate of drug-likeness (QED) is 0.662. The normalized spacial score (nSPS) is 10.2. The van der Waals surface area contributed by atoms with Gasteiger partial charge in [0.2, 0.25) is 5.91 Å². The van der Waals surface area contributed by atoms with E-state index >= 15 is 0 Å². The van der Waals surface area contributed by atoms with Crippen LogP contribution in [0.4, 0.5) is 5.69 Å². The van der Waals surface area contributed by atoms with Crippen LogP contribution < -0.4 is 5.32 Å². The Morgan fingerprint density at radius 2 is 2.05 bits per heavy atom. The Labute approximate surface area is 115 Å². The number of nitrogens with one attached hydrogen (secondary N) is 1. The molecule has 0 fully saturated rings. The van der Waals surface area contributed by atoms with Gasteiger partial charge in [0.1, 0.15) is 6.54 Å². The van der Waals surface area contributed by atoms with Gasteiger partial charge in [-0.3, -0.25) is 19.6 Å². The van der Waals surface area contributed by atoms with E-state index in [1.54, 1.807) is 24.5 Å². The molecule has 20 heavy (non-hydrogen) atoms. The van der Waals surface area contributed by atoms with E-state index in [4.69, 9.17) is 0 Å². The van der Waals surface area contributed by atoms with Crippen LogP contribution in [0.3, 0.4) is 0 Å². The SMILES string of the molecule is CCNC(=O)Cn1cc(-c2ccc([N+](=O)[O-])cc2)cn1. The molecule has 0 bridgehead atoms. The van der Waals surface area contributed by atoms with Gasteiger partial charge >= 0.3 is 0 Å². The molecule has 0 saturated carbocycles. The van der Waals surface area contributed by atoms with Crippen LogP contribution in [0, 0.1) is 10.1 Å². The highest BCUT2D eigenvalue weighted by Crippen LogP contribution is 2.21. The summed E-state index contributed by atoms with van der Waals surface area (Å²) in [5, 5.41) is 17.4. The van der Waals surface area contributed by atoms with Gasteiger partial charge < -0.3 is 5.32 Å². The summed E-state index contributed by atoms with van der Waals surface area (Å²) in [4.78, 5) is 21.6. The van der Waals surface area contributed by atoms with Gasteiger partial charge in [0.05, 0.1) is 11.1 Å². The van der Waals surface area contributed by atoms with Crippen LogP contribution in [0.5, 0.6) is 0 Å². The van der Waals surface area contributed by atoms with Crippen LogP contribution in [-0.4, -0.2) is 27.2 Å². The molecule has 0 spiro atoms. The van der Waals surface area contributed by atoms with Crippen molar-refractivity contribution in [3.63, 3.8) is 0 Å². The molecular formula is C13H14N4O3. The van der Waals surface area contributed by atoms with Crippen molar-refractivity contribution < 1.29 is 9.72 Å². The Morgan fingerprint density at radius 1 is 1.35 bits per heavy atom. The van der Waals surface area contributed by atoms with E-state index in [9.17, 15) is 14.9 Å². The third-order valence-corrected chi connectivity index (χ3v) is 2.72. The zero-order valence-electron chi connectivity index (χ0n) is 10.9. The highest BCUT2D eigenvalue weighted by atomic mass is 16.6. The van der Waals surface area contributed by atoms with Gasteiger partial charge in [0.15, 0.2) is 0 Å². The molecule has 1 aromatic carbocycles. The minimum absolute atomic E-state index is 0.0449. The van der Waals surface area contributed by atoms with Crippen molar-refractivity contribution in [3.05, 3.63) is 46.8 Å². The van der Waals surface area contributed by atoms with Crippen molar-refractivity contribution >= 4 is 11.6 Å². The molecule has 1 N–H and O–H groups in total. The van der Waals surface area contributed by atoms with Crippen molar-refractivity contribution in [3.8, 4) is 11.1 Å². The van der Waals surface area contributed by atoms with Gasteiger partial charge in [-0.25, -0.2) is 0 Å². The number of carbonyl (C=O) groups is 1. The van der Waals surface area contributed by atoms with E-state index < -0.39 is 4.92 Å². The number of benzene rings is 1. The molecule has 2 rings (SSSR count). The van der Waals surface area contributed by atoms with Crippen LogP contribution >= 0.6 is 0 Å². The summed E-state index contributed by atoms with van der Waals surface area (Å²) in [5.74, 6) is -0.106. The number of amides is 1. The first-order valence-corrected chi connectivity index (χ1v) is 6.14. The maximum atomic E-state index is 11.4. The van der Waals surface area contributed by atoms with Gasteiger partial charge in [-0.2, -0.15) is 5.10 Å². The average molecular weight is 274 g/mol. The Balaban J connectivity index is 2.12. The molecular weight excluding hydrogens is 260 g/mol. The van der Waals surface area contributed by atoms with Crippen molar-refractivity contribution in [2.75, 3.05) is 6.54 Å². The monoisotopic (exact) mass is 274 g/mol. The summed E-state index contributed by atoms with van der Waals surface area (Å²) < 4.78 is 1.53. The number of aromatic nitrogens is 2. The molecule has 1 heterocycles. The van der Waals surface area contributed by atoms with E-state index in [1.807, 2.05) is 6.92 Å². The lowest BCUT2D eigenvalue weighted by atomic mass is 10.1. The van der Waals surface area contributed by atoms with Gasteiger partial charge in [-0.1, -0.05) is 0 Å². The van der Waals surface area contributed by atoms with Crippen molar-refractivity contribution in [2.24, 2.45) is 0 Å². The van der Waals surface area contributed by atoms with Gasteiger partial charge in [0, 0.05) is 30.4 Å². The predicted molar refractivity (Wildman–Crippen MR) is 73.0 cm³/mol. The molecule has 0 aliphatic rings. The van der Waals surface area contributed by atoms with Gasteiger partial charge in [0.25, 0.3) is 5.69 Å². The second-order valence-electron chi connectivity index (χ2n) is 4.18. The summed E-state index contributed by atoms with van der Waals surface area (Å²) in [6.45, 7) is 2.58. The van der Waals surface area contributed by atoms with Crippen LogP contribution in [0.2, 0.25) is 0 Å². The fraction of sp³-hybridized carbons (Fsp3) is 0.231. The summed E-state index contributed by atoms with van der Waals surface area (Å²) in [6, 6.07) is 6.20. The number of hydrogen-bond acceptors (Lipinski definition) is 4. The lowest BCUT2D eigenvalue weighted by Crippen LogP contribution is -2.27. The number of nitro groups is 1. The topological polar surface area (TPSA) is 90.1 Å². The maximum Gasteiger partial charge on any atom is 0.269 e. The number of hydrogen-bond donors (Lipinski definition) is 1. The summed E-state index contributed by atoms with van der Waals surface area (Å²) >= 11 is 0.